The average Bonchev–Trinajstić information content (AvgIpc) is 3.02. The van der Waals surface area contributed by atoms with Gasteiger partial charge in [-0.25, -0.2) is 4.39 Å². The van der Waals surface area contributed by atoms with Crippen molar-refractivity contribution in [1.29, 1.82) is 0 Å². The first-order valence-corrected chi connectivity index (χ1v) is 7.27. The summed E-state index contributed by atoms with van der Waals surface area (Å²) in [6.07, 6.45) is 2.27. The van der Waals surface area contributed by atoms with Crippen LogP contribution in [0.2, 0.25) is 0 Å². The van der Waals surface area contributed by atoms with Crippen LogP contribution in [-0.4, -0.2) is 34.6 Å². The van der Waals surface area contributed by atoms with Crippen molar-refractivity contribution in [2.24, 2.45) is 0 Å². The van der Waals surface area contributed by atoms with Gasteiger partial charge in [0, 0.05) is 19.6 Å². The van der Waals surface area contributed by atoms with E-state index in [4.69, 9.17) is 0 Å². The number of halogens is 1. The van der Waals surface area contributed by atoms with E-state index >= 15 is 0 Å². The lowest BCUT2D eigenvalue weighted by molar-refractivity contribution is 0.630. The Bertz CT molecular complexity index is 625. The zero-order valence-electron chi connectivity index (χ0n) is 12.0. The maximum atomic E-state index is 14.0. The fourth-order valence-corrected chi connectivity index (χ4v) is 2.42. The smallest absolute Gasteiger partial charge is 0.230 e. The quantitative estimate of drug-likeness (QED) is 0.937. The molecule has 6 heteroatoms. The molecule has 0 unspecified atom stereocenters. The fraction of sp³-hybridized carbons (Fsp3) is 0.400. The lowest BCUT2D eigenvalue weighted by Crippen LogP contribution is -2.22. The summed E-state index contributed by atoms with van der Waals surface area (Å²) in [5, 5.41) is 3.09. The van der Waals surface area contributed by atoms with E-state index in [0.29, 0.717) is 29.8 Å². The fourth-order valence-electron chi connectivity index (χ4n) is 2.42. The zero-order valence-corrected chi connectivity index (χ0v) is 12.0. The molecule has 2 heterocycles. The second-order valence-electron chi connectivity index (χ2n) is 4.99. The van der Waals surface area contributed by atoms with Crippen molar-refractivity contribution in [3.8, 4) is 11.4 Å². The van der Waals surface area contributed by atoms with E-state index in [1.54, 1.807) is 18.2 Å². The van der Waals surface area contributed by atoms with Crippen molar-refractivity contribution in [1.82, 2.24) is 15.0 Å². The van der Waals surface area contributed by atoms with Crippen LogP contribution in [0.4, 0.5) is 16.3 Å². The van der Waals surface area contributed by atoms with E-state index in [0.717, 1.165) is 25.9 Å². The number of anilines is 2. The van der Waals surface area contributed by atoms with Crippen molar-refractivity contribution < 1.29 is 4.39 Å². The van der Waals surface area contributed by atoms with Crippen molar-refractivity contribution in [3.63, 3.8) is 0 Å². The number of hydrogen-bond acceptors (Lipinski definition) is 5. The lowest BCUT2D eigenvalue weighted by atomic mass is 10.2. The third kappa shape index (κ3) is 2.94. The van der Waals surface area contributed by atoms with Crippen LogP contribution < -0.4 is 10.2 Å². The Labute approximate surface area is 123 Å². The van der Waals surface area contributed by atoms with Crippen molar-refractivity contribution in [3.05, 3.63) is 30.1 Å². The van der Waals surface area contributed by atoms with Crippen LogP contribution in [0.15, 0.2) is 24.3 Å². The van der Waals surface area contributed by atoms with Gasteiger partial charge in [0.1, 0.15) is 5.82 Å². The van der Waals surface area contributed by atoms with Gasteiger partial charge in [-0.05, 0) is 31.9 Å². The topological polar surface area (TPSA) is 53.9 Å². The van der Waals surface area contributed by atoms with E-state index in [1.807, 2.05) is 6.92 Å². The van der Waals surface area contributed by atoms with Crippen LogP contribution in [0.1, 0.15) is 19.8 Å². The molecule has 0 spiro atoms. The number of rotatable bonds is 4. The largest absolute Gasteiger partial charge is 0.354 e. The first kappa shape index (κ1) is 13.7. The molecular weight excluding hydrogens is 269 g/mol. The van der Waals surface area contributed by atoms with Gasteiger partial charge in [0.15, 0.2) is 5.82 Å². The SMILES string of the molecule is CCNc1nc(-c2ccccc2F)nc(N2CCCC2)n1. The van der Waals surface area contributed by atoms with Gasteiger partial charge in [-0.1, -0.05) is 12.1 Å². The molecule has 0 aliphatic carbocycles. The molecule has 1 aliphatic rings. The highest BCUT2D eigenvalue weighted by Crippen LogP contribution is 2.23. The van der Waals surface area contributed by atoms with E-state index in [2.05, 4.69) is 25.2 Å². The van der Waals surface area contributed by atoms with Gasteiger partial charge in [-0.15, -0.1) is 0 Å². The van der Waals surface area contributed by atoms with Crippen LogP contribution in [0.3, 0.4) is 0 Å². The normalized spacial score (nSPS) is 14.5. The molecule has 0 radical (unpaired) electrons. The van der Waals surface area contributed by atoms with Gasteiger partial charge in [0.05, 0.1) is 5.56 Å². The highest BCUT2D eigenvalue weighted by molar-refractivity contribution is 5.59. The van der Waals surface area contributed by atoms with E-state index in [-0.39, 0.29) is 5.82 Å². The Morgan fingerprint density at radius 3 is 2.62 bits per heavy atom. The Morgan fingerprint density at radius 1 is 1.14 bits per heavy atom. The maximum absolute atomic E-state index is 14.0. The second-order valence-corrected chi connectivity index (χ2v) is 4.99. The number of hydrogen-bond donors (Lipinski definition) is 1. The van der Waals surface area contributed by atoms with Gasteiger partial charge in [0.25, 0.3) is 0 Å². The molecule has 1 aromatic carbocycles. The summed E-state index contributed by atoms with van der Waals surface area (Å²) < 4.78 is 14.0. The molecule has 1 N–H and O–H groups in total. The molecular formula is C15H18FN5. The van der Waals surface area contributed by atoms with Crippen LogP contribution in [-0.2, 0) is 0 Å². The third-order valence-corrected chi connectivity index (χ3v) is 3.46. The summed E-state index contributed by atoms with van der Waals surface area (Å²) in [5.74, 6) is 1.17. The number of nitrogens with zero attached hydrogens (tertiary/aromatic N) is 4. The Balaban J connectivity index is 2.04. The van der Waals surface area contributed by atoms with Gasteiger partial charge in [-0.2, -0.15) is 15.0 Å². The predicted molar refractivity (Wildman–Crippen MR) is 80.8 cm³/mol. The molecule has 0 bridgehead atoms. The molecule has 110 valence electrons. The number of aromatic nitrogens is 3. The van der Waals surface area contributed by atoms with Gasteiger partial charge < -0.3 is 10.2 Å². The molecule has 21 heavy (non-hydrogen) atoms. The van der Waals surface area contributed by atoms with Crippen LogP contribution >= 0.6 is 0 Å². The molecule has 0 saturated carbocycles. The van der Waals surface area contributed by atoms with Crippen LogP contribution in [0, 0.1) is 5.82 Å². The standard InChI is InChI=1S/C15H18FN5/c1-2-17-14-18-13(11-7-3-4-8-12(11)16)19-15(20-14)21-9-5-6-10-21/h3-4,7-8H,2,5-6,9-10H2,1H3,(H,17,18,19,20). The Morgan fingerprint density at radius 2 is 1.90 bits per heavy atom. The first-order chi connectivity index (χ1) is 10.3. The Hall–Kier alpha value is -2.24. The number of benzene rings is 1. The molecule has 1 fully saturated rings. The first-order valence-electron chi connectivity index (χ1n) is 7.27. The van der Waals surface area contributed by atoms with Gasteiger partial charge in [0.2, 0.25) is 11.9 Å². The minimum absolute atomic E-state index is 0.321. The summed E-state index contributed by atoms with van der Waals surface area (Å²) in [6.45, 7) is 4.56. The predicted octanol–water partition coefficient (Wildman–Crippen LogP) is 2.71. The van der Waals surface area contributed by atoms with Crippen molar-refractivity contribution in [2.45, 2.75) is 19.8 Å². The van der Waals surface area contributed by atoms with Crippen molar-refractivity contribution >= 4 is 11.9 Å². The van der Waals surface area contributed by atoms with E-state index in [9.17, 15) is 4.39 Å². The van der Waals surface area contributed by atoms with Gasteiger partial charge in [-0.3, -0.25) is 0 Å². The average molecular weight is 287 g/mol. The highest BCUT2D eigenvalue weighted by atomic mass is 19.1. The molecule has 0 atom stereocenters. The molecule has 1 aliphatic heterocycles. The third-order valence-electron chi connectivity index (χ3n) is 3.46. The minimum atomic E-state index is -0.321. The lowest BCUT2D eigenvalue weighted by Gasteiger charge is -2.16. The highest BCUT2D eigenvalue weighted by Gasteiger charge is 2.18. The zero-order chi connectivity index (χ0) is 14.7. The Kier molecular flexibility index (Phi) is 3.94. The van der Waals surface area contributed by atoms with Crippen LogP contribution in [0.25, 0.3) is 11.4 Å². The van der Waals surface area contributed by atoms with Gasteiger partial charge >= 0.3 is 0 Å². The molecule has 2 aromatic rings. The summed E-state index contributed by atoms with van der Waals surface area (Å²) in [6, 6.07) is 6.55. The second kappa shape index (κ2) is 6.03. The molecule has 5 nitrogen and oxygen atoms in total. The van der Waals surface area contributed by atoms with E-state index in [1.165, 1.54) is 6.07 Å². The molecule has 1 saturated heterocycles. The molecule has 1 aromatic heterocycles. The summed E-state index contributed by atoms with van der Waals surface area (Å²) in [4.78, 5) is 15.3. The molecule has 0 amide bonds. The van der Waals surface area contributed by atoms with E-state index < -0.39 is 0 Å². The monoisotopic (exact) mass is 287 g/mol. The summed E-state index contributed by atoms with van der Waals surface area (Å²) in [7, 11) is 0. The number of nitrogens with one attached hydrogen (secondary N) is 1. The van der Waals surface area contributed by atoms with Crippen LogP contribution in [0.5, 0.6) is 0 Å². The minimum Gasteiger partial charge on any atom is -0.354 e. The summed E-state index contributed by atoms with van der Waals surface area (Å²) in [5.41, 5.74) is 0.402. The molecule has 3 rings (SSSR count). The summed E-state index contributed by atoms with van der Waals surface area (Å²) >= 11 is 0. The van der Waals surface area contributed by atoms with Crippen molar-refractivity contribution in [2.75, 3.05) is 29.9 Å². The maximum Gasteiger partial charge on any atom is 0.230 e.